The SMILES string of the molecule is CCOc1ccc(/C(O)=C2/C(=O)C(=O)N(Cc3cc(C)ccc3C)C2c2ccc(O)c(OCC)c2)cc1. The lowest BCUT2D eigenvalue weighted by atomic mass is 9.94. The molecule has 0 aromatic heterocycles. The van der Waals surface area contributed by atoms with Gasteiger partial charge in [-0.3, -0.25) is 9.59 Å². The topological polar surface area (TPSA) is 96.3 Å². The van der Waals surface area contributed by atoms with Crippen molar-refractivity contribution in [1.29, 1.82) is 0 Å². The number of aliphatic hydroxyl groups excluding tert-OH is 1. The van der Waals surface area contributed by atoms with E-state index in [1.165, 1.54) is 11.0 Å². The third-order valence-electron chi connectivity index (χ3n) is 6.42. The zero-order valence-corrected chi connectivity index (χ0v) is 21.4. The number of carbonyl (C=O) groups excluding carboxylic acids is 2. The highest BCUT2D eigenvalue weighted by molar-refractivity contribution is 6.46. The molecule has 7 nitrogen and oxygen atoms in total. The van der Waals surface area contributed by atoms with Crippen molar-refractivity contribution >= 4 is 17.4 Å². The van der Waals surface area contributed by atoms with Crippen LogP contribution in [-0.4, -0.2) is 40.0 Å². The van der Waals surface area contributed by atoms with E-state index in [4.69, 9.17) is 9.47 Å². The van der Waals surface area contributed by atoms with Gasteiger partial charge in [-0.15, -0.1) is 0 Å². The molecule has 7 heteroatoms. The minimum atomic E-state index is -0.883. The van der Waals surface area contributed by atoms with Crippen molar-refractivity contribution in [2.75, 3.05) is 13.2 Å². The second-order valence-electron chi connectivity index (χ2n) is 8.97. The first-order valence-electron chi connectivity index (χ1n) is 12.3. The maximum Gasteiger partial charge on any atom is 0.295 e. The summed E-state index contributed by atoms with van der Waals surface area (Å²) in [6.07, 6.45) is 0. The molecule has 1 aliphatic heterocycles. The third kappa shape index (κ3) is 5.16. The van der Waals surface area contributed by atoms with Crippen molar-refractivity contribution in [3.63, 3.8) is 0 Å². The Morgan fingerprint density at radius 3 is 2.30 bits per heavy atom. The number of benzene rings is 3. The summed E-state index contributed by atoms with van der Waals surface area (Å²) in [7, 11) is 0. The highest BCUT2D eigenvalue weighted by atomic mass is 16.5. The zero-order valence-electron chi connectivity index (χ0n) is 21.4. The molecule has 1 atom stereocenters. The van der Waals surface area contributed by atoms with E-state index in [1.807, 2.05) is 39.0 Å². The number of phenols is 1. The van der Waals surface area contributed by atoms with Gasteiger partial charge in [-0.25, -0.2) is 0 Å². The van der Waals surface area contributed by atoms with E-state index in [2.05, 4.69) is 0 Å². The van der Waals surface area contributed by atoms with Gasteiger partial charge in [-0.05, 0) is 80.8 Å². The molecule has 0 bridgehead atoms. The fourth-order valence-corrected chi connectivity index (χ4v) is 4.55. The van der Waals surface area contributed by atoms with Crippen LogP contribution in [0.25, 0.3) is 5.76 Å². The predicted octanol–water partition coefficient (Wildman–Crippen LogP) is 5.43. The molecule has 0 saturated carbocycles. The Bertz CT molecular complexity index is 1360. The van der Waals surface area contributed by atoms with Crippen LogP contribution in [0.4, 0.5) is 0 Å². The number of ketones is 1. The Morgan fingerprint density at radius 1 is 0.919 bits per heavy atom. The summed E-state index contributed by atoms with van der Waals surface area (Å²) < 4.78 is 11.0. The van der Waals surface area contributed by atoms with E-state index in [1.54, 1.807) is 43.3 Å². The summed E-state index contributed by atoms with van der Waals surface area (Å²) in [5.41, 5.74) is 3.83. The van der Waals surface area contributed by atoms with Crippen LogP contribution >= 0.6 is 0 Å². The van der Waals surface area contributed by atoms with Crippen molar-refractivity contribution < 1.29 is 29.3 Å². The molecule has 3 aromatic rings. The van der Waals surface area contributed by atoms with Gasteiger partial charge in [0.2, 0.25) is 0 Å². The zero-order chi connectivity index (χ0) is 26.7. The van der Waals surface area contributed by atoms with Crippen molar-refractivity contribution in [2.45, 2.75) is 40.3 Å². The number of Topliss-reactive ketones (excluding diaryl/α,β-unsaturated/α-hetero) is 1. The lowest BCUT2D eigenvalue weighted by Crippen LogP contribution is -2.29. The minimum absolute atomic E-state index is 0.0207. The quantitative estimate of drug-likeness (QED) is 0.243. The third-order valence-corrected chi connectivity index (χ3v) is 6.42. The number of rotatable bonds is 8. The van der Waals surface area contributed by atoms with Gasteiger partial charge in [0, 0.05) is 12.1 Å². The molecule has 1 saturated heterocycles. The van der Waals surface area contributed by atoms with Gasteiger partial charge in [-0.2, -0.15) is 0 Å². The number of hydrogen-bond donors (Lipinski definition) is 2. The van der Waals surface area contributed by atoms with Gasteiger partial charge < -0.3 is 24.6 Å². The summed E-state index contributed by atoms with van der Waals surface area (Å²) in [5, 5.41) is 21.6. The number of phenolic OH excluding ortho intramolecular Hbond substituents is 1. The molecule has 0 aliphatic carbocycles. The molecular weight excluding hydrogens is 470 g/mol. The molecule has 1 aliphatic rings. The molecule has 192 valence electrons. The largest absolute Gasteiger partial charge is 0.507 e. The Balaban J connectivity index is 1.87. The van der Waals surface area contributed by atoms with Crippen LogP contribution in [0.5, 0.6) is 17.2 Å². The monoisotopic (exact) mass is 501 g/mol. The van der Waals surface area contributed by atoms with Gasteiger partial charge in [0.1, 0.15) is 11.5 Å². The molecule has 1 fully saturated rings. The number of amides is 1. The van der Waals surface area contributed by atoms with Gasteiger partial charge in [0.15, 0.2) is 11.5 Å². The molecule has 3 aromatic carbocycles. The second kappa shape index (κ2) is 10.8. The second-order valence-corrected chi connectivity index (χ2v) is 8.97. The average Bonchev–Trinajstić information content (AvgIpc) is 3.13. The van der Waals surface area contributed by atoms with Crippen LogP contribution in [0.1, 0.15) is 47.7 Å². The number of carbonyl (C=O) groups is 2. The Kier molecular flexibility index (Phi) is 7.53. The predicted molar refractivity (Wildman–Crippen MR) is 141 cm³/mol. The van der Waals surface area contributed by atoms with E-state index >= 15 is 0 Å². The number of likely N-dealkylation sites (tertiary alicyclic amines) is 1. The number of aryl methyl sites for hydroxylation is 2. The van der Waals surface area contributed by atoms with Crippen LogP contribution in [0.15, 0.2) is 66.2 Å². The molecule has 1 heterocycles. The standard InChI is InChI=1S/C30H31NO6/c1-5-36-23-12-9-20(10-13-23)28(33)26-27(21-11-14-24(32)25(16-21)37-6-2)31(30(35)29(26)34)17-22-15-18(3)7-8-19(22)4/h7-16,27,32-33H,5-6,17H2,1-4H3/b28-26-. The smallest absolute Gasteiger partial charge is 0.295 e. The molecular formula is C30H31NO6. The summed E-state index contributed by atoms with van der Waals surface area (Å²) in [6.45, 7) is 8.59. The van der Waals surface area contributed by atoms with Gasteiger partial charge >= 0.3 is 0 Å². The molecule has 1 amide bonds. The number of hydrogen-bond acceptors (Lipinski definition) is 6. The van der Waals surface area contributed by atoms with Gasteiger partial charge in [0.25, 0.3) is 11.7 Å². The maximum absolute atomic E-state index is 13.4. The van der Waals surface area contributed by atoms with E-state index in [0.29, 0.717) is 30.1 Å². The first kappa shape index (κ1) is 25.8. The van der Waals surface area contributed by atoms with Gasteiger partial charge in [0.05, 0.1) is 24.8 Å². The first-order valence-corrected chi connectivity index (χ1v) is 12.3. The fraction of sp³-hybridized carbons (Fsp3) is 0.267. The van der Waals surface area contributed by atoms with E-state index in [0.717, 1.165) is 16.7 Å². The molecule has 4 rings (SSSR count). The van der Waals surface area contributed by atoms with E-state index < -0.39 is 17.7 Å². The highest BCUT2D eigenvalue weighted by Crippen LogP contribution is 2.43. The number of aromatic hydroxyl groups is 1. The normalized spacial score (nSPS) is 16.8. The van der Waals surface area contributed by atoms with Crippen LogP contribution in [0.3, 0.4) is 0 Å². The summed E-state index contributed by atoms with van der Waals surface area (Å²) in [6, 6.07) is 16.5. The first-order chi connectivity index (χ1) is 17.7. The van der Waals surface area contributed by atoms with Crippen LogP contribution in [0, 0.1) is 13.8 Å². The maximum atomic E-state index is 13.4. The highest BCUT2D eigenvalue weighted by Gasteiger charge is 2.46. The van der Waals surface area contributed by atoms with Crippen molar-refractivity contribution in [1.82, 2.24) is 4.90 Å². The minimum Gasteiger partial charge on any atom is -0.507 e. The lowest BCUT2D eigenvalue weighted by Gasteiger charge is -2.26. The number of ether oxygens (including phenoxy) is 2. The molecule has 0 spiro atoms. The molecule has 37 heavy (non-hydrogen) atoms. The molecule has 2 N–H and O–H groups in total. The Labute approximate surface area is 216 Å². The van der Waals surface area contributed by atoms with Gasteiger partial charge in [-0.1, -0.05) is 29.8 Å². The van der Waals surface area contributed by atoms with E-state index in [-0.39, 0.29) is 29.4 Å². The van der Waals surface area contributed by atoms with Crippen molar-refractivity contribution in [3.05, 3.63) is 94.1 Å². The fourth-order valence-electron chi connectivity index (χ4n) is 4.55. The lowest BCUT2D eigenvalue weighted by molar-refractivity contribution is -0.140. The summed E-state index contributed by atoms with van der Waals surface area (Å²) in [4.78, 5) is 28.2. The summed E-state index contributed by atoms with van der Waals surface area (Å²) in [5.74, 6) is -0.939. The Morgan fingerprint density at radius 2 is 1.62 bits per heavy atom. The number of nitrogens with zero attached hydrogens (tertiary/aromatic N) is 1. The molecule has 1 unspecified atom stereocenters. The van der Waals surface area contributed by atoms with Crippen LogP contribution in [-0.2, 0) is 16.1 Å². The van der Waals surface area contributed by atoms with Crippen LogP contribution < -0.4 is 9.47 Å². The van der Waals surface area contributed by atoms with E-state index in [9.17, 15) is 19.8 Å². The van der Waals surface area contributed by atoms with Crippen molar-refractivity contribution in [2.24, 2.45) is 0 Å². The number of aliphatic hydroxyl groups is 1. The average molecular weight is 502 g/mol. The van der Waals surface area contributed by atoms with Crippen molar-refractivity contribution in [3.8, 4) is 17.2 Å². The van der Waals surface area contributed by atoms with Crippen LogP contribution in [0.2, 0.25) is 0 Å². The Hall–Kier alpha value is -4.26. The summed E-state index contributed by atoms with van der Waals surface area (Å²) >= 11 is 0. The molecule has 0 radical (unpaired) electrons.